The number of fused-ring (bicyclic) bond motifs is 1. The summed E-state index contributed by atoms with van der Waals surface area (Å²) in [6.07, 6.45) is 10.1. The molecular formula is C37H50O7. The molecule has 7 nitrogen and oxygen atoms in total. The number of benzene rings is 2. The third-order valence-corrected chi connectivity index (χ3v) is 9.80. The van der Waals surface area contributed by atoms with Gasteiger partial charge in [-0.05, 0) is 93.2 Å². The maximum Gasteiger partial charge on any atom is 0.338 e. The average Bonchev–Trinajstić information content (AvgIpc) is 3.68. The fourth-order valence-corrected chi connectivity index (χ4v) is 6.92. The Kier molecular flexibility index (Phi) is 11.5. The van der Waals surface area contributed by atoms with Crippen LogP contribution < -0.4 is 0 Å². The van der Waals surface area contributed by atoms with Crippen LogP contribution in [0.15, 0.2) is 48.5 Å². The first-order valence-corrected chi connectivity index (χ1v) is 16.6. The van der Waals surface area contributed by atoms with Crippen molar-refractivity contribution in [1.29, 1.82) is 0 Å². The number of hydrogen-bond donors (Lipinski definition) is 1. The largest absolute Gasteiger partial charge is 0.508 e. The van der Waals surface area contributed by atoms with E-state index >= 15 is 0 Å². The van der Waals surface area contributed by atoms with Crippen molar-refractivity contribution >= 4 is 17.9 Å². The van der Waals surface area contributed by atoms with E-state index in [1.54, 1.807) is 12.1 Å². The van der Waals surface area contributed by atoms with Crippen molar-refractivity contribution in [2.45, 2.75) is 117 Å². The zero-order chi connectivity index (χ0) is 31.9. The molecule has 1 N–H and O–H groups in total. The van der Waals surface area contributed by atoms with Gasteiger partial charge in [0, 0.05) is 11.8 Å². The van der Waals surface area contributed by atoms with Gasteiger partial charge in [-0.2, -0.15) is 0 Å². The predicted molar refractivity (Wildman–Crippen MR) is 169 cm³/mol. The van der Waals surface area contributed by atoms with Crippen LogP contribution in [0, 0.1) is 23.7 Å². The van der Waals surface area contributed by atoms with Crippen LogP contribution in [0.25, 0.3) is 0 Å². The Morgan fingerprint density at radius 2 is 1.50 bits per heavy atom. The summed E-state index contributed by atoms with van der Waals surface area (Å²) in [6.45, 7) is 9.96. The molecule has 5 atom stereocenters. The Morgan fingerprint density at radius 1 is 0.909 bits per heavy atom. The molecule has 1 aliphatic heterocycles. The van der Waals surface area contributed by atoms with Crippen LogP contribution in [-0.4, -0.2) is 40.8 Å². The van der Waals surface area contributed by atoms with Crippen molar-refractivity contribution in [2.24, 2.45) is 23.7 Å². The van der Waals surface area contributed by atoms with E-state index in [4.69, 9.17) is 19.3 Å². The lowest BCUT2D eigenvalue weighted by Gasteiger charge is -2.36. The molecule has 0 aromatic heterocycles. The topological polar surface area (TPSA) is 99.1 Å². The maximum absolute atomic E-state index is 12.3. The number of rotatable bonds is 7. The molecule has 3 aliphatic carbocycles. The number of carbonyl (C=O) groups excluding carboxylic acids is 3. The Morgan fingerprint density at radius 3 is 2.05 bits per heavy atom. The Labute approximate surface area is 262 Å². The van der Waals surface area contributed by atoms with Gasteiger partial charge in [0.25, 0.3) is 0 Å². The van der Waals surface area contributed by atoms with E-state index in [0.29, 0.717) is 23.1 Å². The quantitative estimate of drug-likeness (QED) is 0.256. The number of carbonyl (C=O) groups is 3. The molecule has 4 fully saturated rings. The molecule has 3 saturated carbocycles. The monoisotopic (exact) mass is 606 g/mol. The first-order valence-electron chi connectivity index (χ1n) is 16.6. The van der Waals surface area contributed by atoms with Crippen LogP contribution >= 0.6 is 0 Å². The van der Waals surface area contributed by atoms with Crippen LogP contribution in [0.5, 0.6) is 5.75 Å². The zero-order valence-electron chi connectivity index (χ0n) is 27.1. The molecule has 240 valence electrons. The van der Waals surface area contributed by atoms with Crippen molar-refractivity contribution in [1.82, 2.24) is 0 Å². The summed E-state index contributed by atoms with van der Waals surface area (Å²) in [7, 11) is 0. The second kappa shape index (κ2) is 15.1. The lowest BCUT2D eigenvalue weighted by Crippen LogP contribution is -2.36. The molecule has 1 saturated heterocycles. The highest BCUT2D eigenvalue weighted by molar-refractivity contribution is 5.89. The SMILES string of the molecule is CC(C)C(=O)OC1C2CC3C(=O)OC1C3C2.CCc1ccc(C(=O)OC2(CC)CCCCC2)cc1.CCc1ccc(O)cc1. The molecule has 0 amide bonds. The minimum atomic E-state index is -0.210. The van der Waals surface area contributed by atoms with Crippen molar-refractivity contribution in [2.75, 3.05) is 0 Å². The van der Waals surface area contributed by atoms with Gasteiger partial charge in [-0.15, -0.1) is 0 Å². The zero-order valence-corrected chi connectivity index (χ0v) is 27.1. The molecule has 1 heterocycles. The normalized spacial score (nSPS) is 25.7. The smallest absolute Gasteiger partial charge is 0.338 e. The molecule has 6 rings (SSSR count). The Hall–Kier alpha value is -3.35. The Bertz CT molecular complexity index is 1240. The van der Waals surface area contributed by atoms with Crippen LogP contribution in [0.1, 0.15) is 107 Å². The average molecular weight is 607 g/mol. The number of aryl methyl sites for hydroxylation is 2. The van der Waals surface area contributed by atoms with Crippen molar-refractivity contribution < 1.29 is 33.7 Å². The Balaban J connectivity index is 0.000000160. The van der Waals surface area contributed by atoms with Gasteiger partial charge in [-0.25, -0.2) is 4.79 Å². The van der Waals surface area contributed by atoms with Gasteiger partial charge < -0.3 is 19.3 Å². The lowest BCUT2D eigenvalue weighted by molar-refractivity contribution is -0.164. The molecule has 2 bridgehead atoms. The summed E-state index contributed by atoms with van der Waals surface area (Å²) < 4.78 is 16.6. The molecule has 0 radical (unpaired) electrons. The predicted octanol–water partition coefficient (Wildman–Crippen LogP) is 7.61. The highest BCUT2D eigenvalue weighted by atomic mass is 16.6. The number of esters is 3. The van der Waals surface area contributed by atoms with E-state index < -0.39 is 0 Å². The fraction of sp³-hybridized carbons (Fsp3) is 0.595. The summed E-state index contributed by atoms with van der Waals surface area (Å²) in [5.74, 6) is 0.531. The first-order chi connectivity index (χ1) is 21.1. The van der Waals surface area contributed by atoms with Gasteiger partial charge in [-0.3, -0.25) is 9.59 Å². The van der Waals surface area contributed by atoms with Gasteiger partial charge in [0.05, 0.1) is 17.4 Å². The standard InChI is InChI=1S/C17H24O2.C12H16O4.C8H10O/c1-3-14-8-10-15(11-9-14)16(18)19-17(4-2)12-6-5-7-13-17;1-5(2)11(13)15-9-6-3-7-8(4-6)12(14)16-10(7)9;1-2-7-3-5-8(9)6-4-7/h8-11H,3-7,12-13H2,1-2H3;5-10H,3-4H2,1-2H3;3-6,9H,2H2,1H3. The molecule has 2 aromatic rings. The molecular weight excluding hydrogens is 556 g/mol. The second-order valence-corrected chi connectivity index (χ2v) is 13.0. The minimum Gasteiger partial charge on any atom is -0.508 e. The summed E-state index contributed by atoms with van der Waals surface area (Å²) >= 11 is 0. The number of phenols is 1. The molecule has 0 spiro atoms. The van der Waals surface area contributed by atoms with E-state index in [0.717, 1.165) is 44.9 Å². The minimum absolute atomic E-state index is 0.0828. The summed E-state index contributed by atoms with van der Waals surface area (Å²) in [5, 5.41) is 8.85. The van der Waals surface area contributed by atoms with Crippen LogP contribution in [0.2, 0.25) is 0 Å². The van der Waals surface area contributed by atoms with Crippen molar-refractivity contribution in [3.8, 4) is 5.75 Å². The lowest BCUT2D eigenvalue weighted by atomic mass is 9.82. The van der Waals surface area contributed by atoms with Gasteiger partial charge in [-0.1, -0.05) is 65.3 Å². The van der Waals surface area contributed by atoms with Gasteiger partial charge in [0.1, 0.15) is 23.6 Å². The van der Waals surface area contributed by atoms with Crippen LogP contribution in [0.4, 0.5) is 0 Å². The first kappa shape index (κ1) is 33.5. The molecule has 4 aliphatic rings. The summed E-state index contributed by atoms with van der Waals surface area (Å²) in [5.41, 5.74) is 2.97. The van der Waals surface area contributed by atoms with Crippen molar-refractivity contribution in [3.63, 3.8) is 0 Å². The fourth-order valence-electron chi connectivity index (χ4n) is 6.92. The van der Waals surface area contributed by atoms with E-state index in [1.165, 1.54) is 30.4 Å². The molecule has 7 heteroatoms. The summed E-state index contributed by atoms with van der Waals surface area (Å²) in [6, 6.07) is 15.1. The van der Waals surface area contributed by atoms with E-state index in [-0.39, 0.29) is 47.6 Å². The third-order valence-electron chi connectivity index (χ3n) is 9.80. The summed E-state index contributed by atoms with van der Waals surface area (Å²) in [4.78, 5) is 35.3. The van der Waals surface area contributed by atoms with Gasteiger partial charge >= 0.3 is 17.9 Å². The van der Waals surface area contributed by atoms with Crippen LogP contribution in [0.3, 0.4) is 0 Å². The highest BCUT2D eigenvalue weighted by Gasteiger charge is 2.63. The van der Waals surface area contributed by atoms with E-state index in [9.17, 15) is 14.4 Å². The maximum atomic E-state index is 12.3. The second-order valence-electron chi connectivity index (χ2n) is 13.0. The van der Waals surface area contributed by atoms with Crippen molar-refractivity contribution in [3.05, 3.63) is 65.2 Å². The van der Waals surface area contributed by atoms with Gasteiger partial charge in [0.2, 0.25) is 0 Å². The van der Waals surface area contributed by atoms with Gasteiger partial charge in [0.15, 0.2) is 0 Å². The molecule has 2 aromatic carbocycles. The number of aromatic hydroxyl groups is 1. The van der Waals surface area contributed by atoms with E-state index in [2.05, 4.69) is 20.8 Å². The number of ether oxygens (including phenoxy) is 3. The number of phenolic OH excluding ortho intramolecular Hbond substituents is 1. The molecule has 44 heavy (non-hydrogen) atoms. The third kappa shape index (κ3) is 8.02. The number of hydrogen-bond acceptors (Lipinski definition) is 7. The molecule has 5 unspecified atom stereocenters. The highest BCUT2D eigenvalue weighted by Crippen LogP contribution is 2.55. The van der Waals surface area contributed by atoms with Crippen LogP contribution in [-0.2, 0) is 36.6 Å². The van der Waals surface area contributed by atoms with E-state index in [1.807, 2.05) is 50.2 Å².